The fourth-order valence-electron chi connectivity index (χ4n) is 4.02. The van der Waals surface area contributed by atoms with Gasteiger partial charge in [-0.15, -0.1) is 0 Å². The molecule has 3 aromatic carbocycles. The van der Waals surface area contributed by atoms with E-state index in [4.69, 9.17) is 4.74 Å². The van der Waals surface area contributed by atoms with Gasteiger partial charge in [0.15, 0.2) is 9.84 Å². The number of halogens is 3. The van der Waals surface area contributed by atoms with Gasteiger partial charge in [-0.25, -0.2) is 8.42 Å². The van der Waals surface area contributed by atoms with Gasteiger partial charge in [0.25, 0.3) is 0 Å². The second-order valence-electron chi connectivity index (χ2n) is 8.94. The first kappa shape index (κ1) is 26.6. The van der Waals surface area contributed by atoms with Gasteiger partial charge in [-0.3, -0.25) is 4.98 Å². The fourth-order valence-corrected chi connectivity index (χ4v) is 5.36. The number of para-hydroxylation sites is 1. The van der Waals surface area contributed by atoms with Crippen molar-refractivity contribution in [2.45, 2.75) is 37.4 Å². The van der Waals surface area contributed by atoms with Crippen LogP contribution in [0.15, 0.2) is 83.9 Å². The lowest BCUT2D eigenvalue weighted by molar-refractivity contribution is -0.136. The van der Waals surface area contributed by atoms with Crippen LogP contribution in [0.4, 0.5) is 13.2 Å². The van der Waals surface area contributed by atoms with Crippen molar-refractivity contribution in [3.8, 4) is 22.6 Å². The number of pyridine rings is 1. The van der Waals surface area contributed by atoms with Crippen LogP contribution < -0.4 is 10.1 Å². The molecule has 1 heterocycles. The van der Waals surface area contributed by atoms with E-state index in [1.54, 1.807) is 48.5 Å². The monoisotopic (exact) mass is 528 g/mol. The summed E-state index contributed by atoms with van der Waals surface area (Å²) < 4.78 is 72.0. The maximum Gasteiger partial charge on any atom is 0.418 e. The summed E-state index contributed by atoms with van der Waals surface area (Å²) in [6, 6.07) is 19.1. The Hall–Kier alpha value is -3.43. The molecule has 4 aromatic rings. The molecule has 0 saturated carbocycles. The molecule has 0 saturated heterocycles. The van der Waals surface area contributed by atoms with Crippen LogP contribution in [0.1, 0.15) is 25.8 Å². The minimum Gasteiger partial charge on any atom is -0.457 e. The number of fused-ring (bicyclic) bond motifs is 1. The molecule has 0 aliphatic carbocycles. The molecular formula is C28H27F3N2O3S. The van der Waals surface area contributed by atoms with Crippen LogP contribution in [0.5, 0.6) is 11.5 Å². The number of benzene rings is 3. The molecule has 4 rings (SSSR count). The maximum absolute atomic E-state index is 13.5. The normalized spacial score (nSPS) is 12.3. The highest BCUT2D eigenvalue weighted by atomic mass is 32.2. The summed E-state index contributed by atoms with van der Waals surface area (Å²) >= 11 is 0. The van der Waals surface area contributed by atoms with E-state index in [9.17, 15) is 21.6 Å². The van der Waals surface area contributed by atoms with Crippen LogP contribution in [-0.4, -0.2) is 31.7 Å². The number of aromatic nitrogens is 1. The zero-order valence-electron chi connectivity index (χ0n) is 20.4. The Morgan fingerprint density at radius 1 is 0.946 bits per heavy atom. The summed E-state index contributed by atoms with van der Waals surface area (Å²) in [6.07, 6.45) is -2.68. The molecule has 5 nitrogen and oxygen atoms in total. The van der Waals surface area contributed by atoms with Crippen molar-refractivity contribution in [3.63, 3.8) is 0 Å². The number of sulfone groups is 1. The van der Waals surface area contributed by atoms with Crippen LogP contribution >= 0.6 is 0 Å². The summed E-state index contributed by atoms with van der Waals surface area (Å²) in [5, 5.41) is 3.57. The van der Waals surface area contributed by atoms with Gasteiger partial charge in [0.2, 0.25) is 0 Å². The molecule has 1 aromatic heterocycles. The van der Waals surface area contributed by atoms with Crippen molar-refractivity contribution >= 4 is 20.7 Å². The molecule has 0 atom stereocenters. The predicted molar refractivity (Wildman–Crippen MR) is 139 cm³/mol. The molecule has 0 aliphatic rings. The molecule has 0 aliphatic heterocycles. The molecule has 0 bridgehead atoms. The van der Waals surface area contributed by atoms with Crippen molar-refractivity contribution in [3.05, 3.63) is 84.6 Å². The minimum atomic E-state index is -4.52. The first-order valence-electron chi connectivity index (χ1n) is 11.8. The average molecular weight is 529 g/mol. The van der Waals surface area contributed by atoms with Crippen molar-refractivity contribution in [2.75, 3.05) is 12.3 Å². The van der Waals surface area contributed by atoms with Crippen LogP contribution in [0.2, 0.25) is 0 Å². The maximum atomic E-state index is 13.5. The van der Waals surface area contributed by atoms with Gasteiger partial charge in [0.1, 0.15) is 11.5 Å². The molecule has 194 valence electrons. The van der Waals surface area contributed by atoms with Gasteiger partial charge in [-0.1, -0.05) is 44.2 Å². The molecule has 0 amide bonds. The van der Waals surface area contributed by atoms with Crippen molar-refractivity contribution in [2.24, 2.45) is 0 Å². The topological polar surface area (TPSA) is 68.3 Å². The highest BCUT2D eigenvalue weighted by Gasteiger charge is 2.33. The third-order valence-corrected chi connectivity index (χ3v) is 7.56. The van der Waals surface area contributed by atoms with Gasteiger partial charge in [0.05, 0.1) is 21.7 Å². The highest BCUT2D eigenvalue weighted by molar-refractivity contribution is 7.91. The van der Waals surface area contributed by atoms with Crippen molar-refractivity contribution < 1.29 is 26.3 Å². The molecular weight excluding hydrogens is 501 g/mol. The number of rotatable bonds is 9. The predicted octanol–water partition coefficient (Wildman–Crippen LogP) is 6.87. The molecule has 0 fully saturated rings. The van der Waals surface area contributed by atoms with E-state index in [1.807, 2.05) is 13.8 Å². The van der Waals surface area contributed by atoms with E-state index in [0.29, 0.717) is 41.0 Å². The Kier molecular flexibility index (Phi) is 7.85. The summed E-state index contributed by atoms with van der Waals surface area (Å²) in [5.74, 6) is 0.781. The highest BCUT2D eigenvalue weighted by Crippen LogP contribution is 2.37. The number of alkyl halides is 3. The second kappa shape index (κ2) is 10.9. The van der Waals surface area contributed by atoms with Crippen LogP contribution in [0.25, 0.3) is 22.0 Å². The minimum absolute atomic E-state index is 0.0146. The largest absolute Gasteiger partial charge is 0.457 e. The van der Waals surface area contributed by atoms with Gasteiger partial charge in [0, 0.05) is 17.6 Å². The summed E-state index contributed by atoms with van der Waals surface area (Å²) in [4.78, 5) is 4.15. The van der Waals surface area contributed by atoms with E-state index in [1.165, 1.54) is 24.4 Å². The molecule has 0 radical (unpaired) electrons. The second-order valence-corrected chi connectivity index (χ2v) is 11.1. The lowest BCUT2D eigenvalue weighted by Crippen LogP contribution is -2.25. The van der Waals surface area contributed by atoms with Crippen LogP contribution in [-0.2, 0) is 16.0 Å². The lowest BCUT2D eigenvalue weighted by atomic mass is 9.99. The van der Waals surface area contributed by atoms with Gasteiger partial charge >= 0.3 is 6.18 Å². The van der Waals surface area contributed by atoms with E-state index in [-0.39, 0.29) is 22.2 Å². The lowest BCUT2D eigenvalue weighted by Gasteiger charge is -2.13. The van der Waals surface area contributed by atoms with E-state index < -0.39 is 21.6 Å². The average Bonchev–Trinajstić information content (AvgIpc) is 2.85. The Balaban J connectivity index is 1.59. The van der Waals surface area contributed by atoms with Crippen molar-refractivity contribution in [1.29, 1.82) is 0 Å². The molecule has 37 heavy (non-hydrogen) atoms. The Bertz CT molecular complexity index is 1500. The molecule has 9 heteroatoms. The van der Waals surface area contributed by atoms with E-state index >= 15 is 0 Å². The van der Waals surface area contributed by atoms with Gasteiger partial charge < -0.3 is 10.1 Å². The number of nitrogens with zero attached hydrogens (tertiary/aromatic N) is 1. The van der Waals surface area contributed by atoms with Gasteiger partial charge in [-0.2, -0.15) is 13.2 Å². The summed E-state index contributed by atoms with van der Waals surface area (Å²) in [7, 11) is -3.48. The summed E-state index contributed by atoms with van der Waals surface area (Å²) in [6.45, 7) is 4.61. The Morgan fingerprint density at radius 2 is 1.65 bits per heavy atom. The third kappa shape index (κ3) is 6.47. The quantitative estimate of drug-likeness (QED) is 0.240. The number of ether oxygens (including phenoxy) is 1. The number of nitrogens with one attached hydrogen (secondary N) is 1. The van der Waals surface area contributed by atoms with Crippen LogP contribution in [0.3, 0.4) is 0 Å². The number of hydrogen-bond donors (Lipinski definition) is 1. The third-order valence-electron chi connectivity index (χ3n) is 5.76. The molecule has 0 unspecified atom stereocenters. The standard InChI is InChI=1S/C28H27F3N2O3S/c1-19(2)32-14-6-16-37(34,35)23-10-4-9-22(18-23)36-21-8-3-7-20(17-21)24-13-15-33-27-25(24)11-5-12-26(27)28(29,30)31/h3-5,7-13,15,17-19,32H,6,14,16H2,1-2H3. The number of hydrogen-bond acceptors (Lipinski definition) is 5. The fraction of sp³-hybridized carbons (Fsp3) is 0.250. The Labute approximate surface area is 214 Å². The molecule has 1 N–H and O–H groups in total. The zero-order valence-corrected chi connectivity index (χ0v) is 21.2. The van der Waals surface area contributed by atoms with E-state index in [0.717, 1.165) is 6.07 Å². The SMILES string of the molecule is CC(C)NCCCS(=O)(=O)c1cccc(Oc2cccc(-c3ccnc4c(C(F)(F)F)cccc34)c2)c1. The summed E-state index contributed by atoms with van der Waals surface area (Å²) in [5.41, 5.74) is 0.302. The molecule has 0 spiro atoms. The zero-order chi connectivity index (χ0) is 26.6. The smallest absolute Gasteiger partial charge is 0.418 e. The van der Waals surface area contributed by atoms with Crippen molar-refractivity contribution in [1.82, 2.24) is 10.3 Å². The Morgan fingerprint density at radius 3 is 2.38 bits per heavy atom. The first-order valence-corrected chi connectivity index (χ1v) is 13.5. The van der Waals surface area contributed by atoms with E-state index in [2.05, 4.69) is 10.3 Å². The first-order chi connectivity index (χ1) is 17.5. The van der Waals surface area contributed by atoms with Crippen LogP contribution in [0, 0.1) is 0 Å². The van der Waals surface area contributed by atoms with Gasteiger partial charge in [-0.05, 0) is 66.6 Å².